The molecule has 1 heterocycles. The van der Waals surface area contributed by atoms with Gasteiger partial charge in [0.15, 0.2) is 0 Å². The average Bonchev–Trinajstić information content (AvgIpc) is 2.50. The molecule has 0 atom stereocenters. The highest BCUT2D eigenvalue weighted by molar-refractivity contribution is 7.11. The summed E-state index contributed by atoms with van der Waals surface area (Å²) in [6, 6.07) is 0.532. The van der Waals surface area contributed by atoms with E-state index in [1.165, 1.54) is 4.88 Å². The molecule has 0 fully saturated rings. The Morgan fingerprint density at radius 2 is 2.36 bits per heavy atom. The molecule has 0 aliphatic rings. The maximum absolute atomic E-state index is 5.49. The molecule has 14 heavy (non-hydrogen) atoms. The maximum atomic E-state index is 5.49. The van der Waals surface area contributed by atoms with Crippen LogP contribution in [0.25, 0.3) is 0 Å². The predicted octanol–water partition coefficient (Wildman–Crippen LogP) is 1.97. The van der Waals surface area contributed by atoms with Crippen LogP contribution in [-0.2, 0) is 11.3 Å². The van der Waals surface area contributed by atoms with Crippen LogP contribution in [0.1, 0.15) is 23.7 Å². The molecule has 1 aromatic heterocycles. The minimum absolute atomic E-state index is 0.532. The Kier molecular flexibility index (Phi) is 5.07. The fraction of sp³-hybridized carbons (Fsp3) is 0.700. The topological polar surface area (TPSA) is 34.1 Å². The fourth-order valence-electron chi connectivity index (χ4n) is 1.06. The van der Waals surface area contributed by atoms with Gasteiger partial charge in [0.2, 0.25) is 0 Å². The molecule has 3 nitrogen and oxygen atoms in total. The Hall–Kier alpha value is -0.450. The predicted molar refractivity (Wildman–Crippen MR) is 59.6 cm³/mol. The normalized spacial score (nSPS) is 11.1. The third kappa shape index (κ3) is 4.69. The monoisotopic (exact) mass is 214 g/mol. The van der Waals surface area contributed by atoms with Gasteiger partial charge in [0.1, 0.15) is 0 Å². The second-order valence-corrected chi connectivity index (χ2v) is 4.83. The van der Waals surface area contributed by atoms with Crippen molar-refractivity contribution in [3.05, 3.63) is 16.1 Å². The zero-order valence-corrected chi connectivity index (χ0v) is 9.86. The lowest BCUT2D eigenvalue weighted by atomic mass is 10.4. The van der Waals surface area contributed by atoms with E-state index in [1.54, 1.807) is 11.3 Å². The molecule has 1 aromatic rings. The summed E-state index contributed by atoms with van der Waals surface area (Å²) in [6.07, 6.45) is 1.88. The summed E-state index contributed by atoms with van der Waals surface area (Å²) in [4.78, 5) is 5.37. The number of rotatable bonds is 6. The third-order valence-corrected chi connectivity index (χ3v) is 2.60. The summed E-state index contributed by atoms with van der Waals surface area (Å²) in [6.45, 7) is 8.63. The van der Waals surface area contributed by atoms with Gasteiger partial charge in [0, 0.05) is 18.8 Å². The van der Waals surface area contributed by atoms with E-state index in [0.717, 1.165) is 18.2 Å². The molecular weight excluding hydrogens is 196 g/mol. The van der Waals surface area contributed by atoms with Crippen LogP contribution in [-0.4, -0.2) is 24.2 Å². The number of aryl methyl sites for hydroxylation is 1. The first-order valence-corrected chi connectivity index (χ1v) is 5.72. The molecule has 0 radical (unpaired) electrons. The highest BCUT2D eigenvalue weighted by Gasteiger charge is 1.97. The van der Waals surface area contributed by atoms with Gasteiger partial charge in [0.25, 0.3) is 0 Å². The van der Waals surface area contributed by atoms with Crippen LogP contribution in [0.2, 0.25) is 0 Å². The number of hydrogen-bond acceptors (Lipinski definition) is 4. The van der Waals surface area contributed by atoms with Crippen LogP contribution in [0.4, 0.5) is 0 Å². The van der Waals surface area contributed by atoms with E-state index in [2.05, 4.69) is 24.1 Å². The number of hydrogen-bond donors (Lipinski definition) is 1. The fourth-order valence-corrected chi connectivity index (χ4v) is 1.80. The quantitative estimate of drug-likeness (QED) is 0.735. The zero-order chi connectivity index (χ0) is 10.4. The molecule has 0 aliphatic carbocycles. The molecular formula is C10H18N2OS. The summed E-state index contributed by atoms with van der Waals surface area (Å²) < 4.78 is 5.49. The highest BCUT2D eigenvalue weighted by atomic mass is 32.1. The Morgan fingerprint density at radius 1 is 1.57 bits per heavy atom. The Bertz CT molecular complexity index is 260. The summed E-state index contributed by atoms with van der Waals surface area (Å²) in [5.41, 5.74) is 0. The molecule has 1 N–H and O–H groups in total. The van der Waals surface area contributed by atoms with E-state index in [1.807, 2.05) is 13.1 Å². The first-order valence-electron chi connectivity index (χ1n) is 4.91. The van der Waals surface area contributed by atoms with Crippen LogP contribution in [0.5, 0.6) is 0 Å². The van der Waals surface area contributed by atoms with Crippen molar-refractivity contribution in [1.82, 2.24) is 10.3 Å². The van der Waals surface area contributed by atoms with E-state index in [4.69, 9.17) is 4.74 Å². The van der Waals surface area contributed by atoms with Crippen LogP contribution in [0.3, 0.4) is 0 Å². The minimum atomic E-state index is 0.532. The van der Waals surface area contributed by atoms with Gasteiger partial charge in [-0.15, -0.1) is 11.3 Å². The van der Waals surface area contributed by atoms with Crippen LogP contribution >= 0.6 is 11.3 Å². The first-order chi connectivity index (χ1) is 6.68. The van der Waals surface area contributed by atoms with Crippen molar-refractivity contribution in [2.45, 2.75) is 33.4 Å². The molecule has 0 amide bonds. The van der Waals surface area contributed by atoms with E-state index in [9.17, 15) is 0 Å². The molecule has 0 spiro atoms. The number of nitrogens with zero attached hydrogens (tertiary/aromatic N) is 1. The molecule has 0 saturated carbocycles. The van der Waals surface area contributed by atoms with E-state index >= 15 is 0 Å². The molecule has 1 rings (SSSR count). The lowest BCUT2D eigenvalue weighted by Gasteiger charge is -2.07. The molecule has 0 saturated heterocycles. The molecule has 0 aliphatic heterocycles. The lowest BCUT2D eigenvalue weighted by molar-refractivity contribution is 0.123. The van der Waals surface area contributed by atoms with Crippen molar-refractivity contribution in [3.63, 3.8) is 0 Å². The molecule has 80 valence electrons. The number of aromatic nitrogens is 1. The van der Waals surface area contributed by atoms with Gasteiger partial charge in [-0.1, -0.05) is 13.8 Å². The summed E-state index contributed by atoms with van der Waals surface area (Å²) in [5, 5.41) is 4.40. The number of ether oxygens (including phenoxy) is 1. The Labute approximate surface area is 89.5 Å². The lowest BCUT2D eigenvalue weighted by Crippen LogP contribution is -2.26. The SMILES string of the molecule is Cc1ncc(COCCNC(C)C)s1. The molecule has 0 unspecified atom stereocenters. The standard InChI is InChI=1S/C10H18N2OS/c1-8(2)11-4-5-13-7-10-6-12-9(3)14-10/h6,8,11H,4-5,7H2,1-3H3. The number of thiazole rings is 1. The van der Waals surface area contributed by atoms with Gasteiger partial charge in [-0.25, -0.2) is 4.98 Å². The molecule has 0 aromatic carbocycles. The van der Waals surface area contributed by atoms with Gasteiger partial charge >= 0.3 is 0 Å². The molecule has 0 bridgehead atoms. The Morgan fingerprint density at radius 3 is 2.93 bits per heavy atom. The summed E-state index contributed by atoms with van der Waals surface area (Å²) >= 11 is 1.70. The number of nitrogens with one attached hydrogen (secondary N) is 1. The van der Waals surface area contributed by atoms with Crippen molar-refractivity contribution in [2.24, 2.45) is 0 Å². The average molecular weight is 214 g/mol. The summed E-state index contributed by atoms with van der Waals surface area (Å²) in [5.74, 6) is 0. The van der Waals surface area contributed by atoms with Gasteiger partial charge in [-0.3, -0.25) is 0 Å². The van der Waals surface area contributed by atoms with Gasteiger partial charge in [0.05, 0.1) is 23.1 Å². The van der Waals surface area contributed by atoms with Gasteiger partial charge < -0.3 is 10.1 Å². The van der Waals surface area contributed by atoms with Gasteiger partial charge in [-0.2, -0.15) is 0 Å². The third-order valence-electron chi connectivity index (χ3n) is 1.71. The van der Waals surface area contributed by atoms with Crippen molar-refractivity contribution >= 4 is 11.3 Å². The van der Waals surface area contributed by atoms with E-state index < -0.39 is 0 Å². The van der Waals surface area contributed by atoms with Crippen molar-refractivity contribution in [2.75, 3.05) is 13.2 Å². The smallest absolute Gasteiger partial charge is 0.0897 e. The zero-order valence-electron chi connectivity index (χ0n) is 9.04. The van der Waals surface area contributed by atoms with Crippen LogP contribution < -0.4 is 5.32 Å². The maximum Gasteiger partial charge on any atom is 0.0897 e. The second-order valence-electron chi connectivity index (χ2n) is 3.51. The van der Waals surface area contributed by atoms with Crippen LogP contribution in [0.15, 0.2) is 6.20 Å². The summed E-state index contributed by atoms with van der Waals surface area (Å²) in [7, 11) is 0. The van der Waals surface area contributed by atoms with E-state index in [-0.39, 0.29) is 0 Å². The van der Waals surface area contributed by atoms with E-state index in [0.29, 0.717) is 12.6 Å². The minimum Gasteiger partial charge on any atom is -0.375 e. The first kappa shape index (κ1) is 11.6. The van der Waals surface area contributed by atoms with Crippen molar-refractivity contribution in [3.8, 4) is 0 Å². The molecule has 4 heteroatoms. The van der Waals surface area contributed by atoms with Crippen molar-refractivity contribution < 1.29 is 4.74 Å². The van der Waals surface area contributed by atoms with Gasteiger partial charge in [-0.05, 0) is 6.92 Å². The largest absolute Gasteiger partial charge is 0.375 e. The van der Waals surface area contributed by atoms with Crippen molar-refractivity contribution in [1.29, 1.82) is 0 Å². The highest BCUT2D eigenvalue weighted by Crippen LogP contribution is 2.11. The Balaban J connectivity index is 2.04. The van der Waals surface area contributed by atoms with Crippen LogP contribution in [0, 0.1) is 6.92 Å². The second kappa shape index (κ2) is 6.11.